The molecule has 2 aromatic rings. The van der Waals surface area contributed by atoms with Crippen molar-refractivity contribution in [2.45, 2.75) is 41.4 Å². The monoisotopic (exact) mass is 452 g/mol. The van der Waals surface area contributed by atoms with E-state index in [1.807, 2.05) is 18.2 Å². The molecule has 144 valence electrons. The molecule has 0 bridgehead atoms. The van der Waals surface area contributed by atoms with Crippen LogP contribution in [0.5, 0.6) is 0 Å². The largest absolute Gasteiger partial charge is 0.269 e. The molecule has 1 saturated heterocycles. The predicted molar refractivity (Wildman–Crippen MR) is 107 cm³/mol. The molecule has 0 spiro atoms. The lowest BCUT2D eigenvalue weighted by molar-refractivity contribution is -0.384. The first-order valence-corrected chi connectivity index (χ1v) is 11.2. The zero-order valence-corrected chi connectivity index (χ0v) is 17.1. The number of benzene rings is 2. The Morgan fingerprint density at radius 2 is 1.81 bits per heavy atom. The van der Waals surface area contributed by atoms with E-state index in [9.17, 15) is 18.5 Å². The highest BCUT2D eigenvalue weighted by atomic mass is 79.9. The van der Waals surface area contributed by atoms with Gasteiger partial charge in [-0.05, 0) is 43.4 Å². The molecule has 1 heterocycles. The van der Waals surface area contributed by atoms with Gasteiger partial charge in [0.1, 0.15) is 0 Å². The fourth-order valence-electron chi connectivity index (χ4n) is 3.44. The van der Waals surface area contributed by atoms with E-state index in [1.165, 1.54) is 29.8 Å². The van der Waals surface area contributed by atoms with Crippen molar-refractivity contribution >= 4 is 31.6 Å². The first-order chi connectivity index (χ1) is 12.9. The quantitative estimate of drug-likeness (QED) is 0.359. The number of nitrogens with zero attached hydrogens (tertiary/aromatic N) is 2. The number of rotatable bonds is 7. The number of hydrogen-bond donors (Lipinski definition) is 0. The van der Waals surface area contributed by atoms with E-state index >= 15 is 0 Å². The predicted octanol–water partition coefficient (Wildman–Crippen LogP) is 4.14. The number of halogens is 1. The normalized spacial score (nSPS) is 19.1. The Balaban J connectivity index is 1.73. The minimum atomic E-state index is -3.68. The fraction of sp³-hybridized carbons (Fsp3) is 0.368. The molecule has 1 aliphatic rings. The highest BCUT2D eigenvalue weighted by Crippen LogP contribution is 2.32. The third-order valence-electron chi connectivity index (χ3n) is 4.87. The van der Waals surface area contributed by atoms with E-state index in [4.69, 9.17) is 0 Å². The molecule has 0 saturated carbocycles. The SMILES string of the molecule is O=[N+]([O-])c1ccc(S(=O)(=O)N2CCCC2[C@H](Br)CCc2ccccc2)cc1. The average molecular weight is 453 g/mol. The summed E-state index contributed by atoms with van der Waals surface area (Å²) in [5.74, 6) is 0. The smallest absolute Gasteiger partial charge is 0.258 e. The van der Waals surface area contributed by atoms with Crippen LogP contribution >= 0.6 is 15.9 Å². The molecule has 1 aliphatic heterocycles. The zero-order chi connectivity index (χ0) is 19.4. The summed E-state index contributed by atoms with van der Waals surface area (Å²) in [5.41, 5.74) is 1.11. The number of sulfonamides is 1. The maximum atomic E-state index is 13.0. The summed E-state index contributed by atoms with van der Waals surface area (Å²) in [6, 6.07) is 15.1. The molecule has 0 N–H and O–H groups in total. The highest BCUT2D eigenvalue weighted by molar-refractivity contribution is 9.09. The Morgan fingerprint density at radius 1 is 1.15 bits per heavy atom. The minimum Gasteiger partial charge on any atom is -0.258 e. The van der Waals surface area contributed by atoms with Crippen LogP contribution in [0.2, 0.25) is 0 Å². The van der Waals surface area contributed by atoms with Gasteiger partial charge in [0.2, 0.25) is 10.0 Å². The van der Waals surface area contributed by atoms with Crippen molar-refractivity contribution in [3.05, 3.63) is 70.3 Å². The van der Waals surface area contributed by atoms with Crippen molar-refractivity contribution in [2.24, 2.45) is 0 Å². The second kappa shape index (κ2) is 8.50. The van der Waals surface area contributed by atoms with E-state index < -0.39 is 14.9 Å². The number of aryl methyl sites for hydroxylation is 1. The number of nitro benzene ring substituents is 1. The van der Waals surface area contributed by atoms with Crippen LogP contribution in [-0.4, -0.2) is 35.1 Å². The van der Waals surface area contributed by atoms with Crippen LogP contribution in [0.15, 0.2) is 59.5 Å². The Kier molecular flexibility index (Phi) is 6.29. The highest BCUT2D eigenvalue weighted by Gasteiger charge is 2.38. The lowest BCUT2D eigenvalue weighted by Gasteiger charge is -2.28. The summed E-state index contributed by atoms with van der Waals surface area (Å²) in [6.45, 7) is 0.470. The fourth-order valence-corrected chi connectivity index (χ4v) is 6.11. The summed E-state index contributed by atoms with van der Waals surface area (Å²) in [6.07, 6.45) is 3.32. The first kappa shape index (κ1) is 20.0. The molecule has 3 rings (SSSR count). The molecular weight excluding hydrogens is 432 g/mol. The van der Waals surface area contributed by atoms with Gasteiger partial charge >= 0.3 is 0 Å². The van der Waals surface area contributed by atoms with Crippen molar-refractivity contribution < 1.29 is 13.3 Å². The summed E-state index contributed by atoms with van der Waals surface area (Å²) in [4.78, 5) is 10.4. The molecule has 2 atom stereocenters. The third-order valence-corrected chi connectivity index (χ3v) is 7.88. The molecule has 0 aromatic heterocycles. The van der Waals surface area contributed by atoms with Crippen LogP contribution in [0, 0.1) is 10.1 Å². The van der Waals surface area contributed by atoms with Gasteiger partial charge in [0.15, 0.2) is 0 Å². The van der Waals surface area contributed by atoms with Crippen LogP contribution in [0.25, 0.3) is 0 Å². The molecule has 0 amide bonds. The van der Waals surface area contributed by atoms with Crippen LogP contribution in [0.1, 0.15) is 24.8 Å². The molecule has 0 radical (unpaired) electrons. The maximum Gasteiger partial charge on any atom is 0.269 e. The lowest BCUT2D eigenvalue weighted by Crippen LogP contribution is -2.40. The van der Waals surface area contributed by atoms with E-state index in [-0.39, 0.29) is 21.5 Å². The van der Waals surface area contributed by atoms with Gasteiger partial charge in [0.05, 0.1) is 9.82 Å². The van der Waals surface area contributed by atoms with Gasteiger partial charge in [-0.1, -0.05) is 46.3 Å². The van der Waals surface area contributed by atoms with E-state index in [1.54, 1.807) is 4.31 Å². The van der Waals surface area contributed by atoms with Gasteiger partial charge in [-0.25, -0.2) is 8.42 Å². The van der Waals surface area contributed by atoms with Crippen LogP contribution in [-0.2, 0) is 16.4 Å². The lowest BCUT2D eigenvalue weighted by atomic mass is 10.0. The van der Waals surface area contributed by atoms with Gasteiger partial charge in [-0.3, -0.25) is 10.1 Å². The van der Waals surface area contributed by atoms with Gasteiger partial charge in [-0.15, -0.1) is 0 Å². The first-order valence-electron chi connectivity index (χ1n) is 8.84. The van der Waals surface area contributed by atoms with Gasteiger partial charge in [0.25, 0.3) is 5.69 Å². The van der Waals surface area contributed by atoms with Crippen LogP contribution in [0.3, 0.4) is 0 Å². The maximum absolute atomic E-state index is 13.0. The summed E-state index contributed by atoms with van der Waals surface area (Å²) in [7, 11) is -3.68. The molecule has 1 fully saturated rings. The molecule has 2 aromatic carbocycles. The molecule has 8 heteroatoms. The Labute approximate surface area is 167 Å². The minimum absolute atomic E-state index is 0.0491. The van der Waals surface area contributed by atoms with Crippen LogP contribution in [0.4, 0.5) is 5.69 Å². The van der Waals surface area contributed by atoms with E-state index in [0.29, 0.717) is 6.54 Å². The van der Waals surface area contributed by atoms with Crippen molar-refractivity contribution in [1.82, 2.24) is 4.31 Å². The zero-order valence-electron chi connectivity index (χ0n) is 14.7. The Hall–Kier alpha value is -1.77. The van der Waals surface area contributed by atoms with E-state index in [0.717, 1.165) is 25.7 Å². The molecule has 1 unspecified atom stereocenters. The van der Waals surface area contributed by atoms with Gasteiger partial charge in [-0.2, -0.15) is 4.31 Å². The molecule has 27 heavy (non-hydrogen) atoms. The Bertz CT molecular complexity index is 888. The number of non-ortho nitro benzene ring substituents is 1. The van der Waals surface area contributed by atoms with E-state index in [2.05, 4.69) is 28.1 Å². The summed E-state index contributed by atoms with van der Waals surface area (Å²) < 4.78 is 27.6. The number of hydrogen-bond acceptors (Lipinski definition) is 4. The summed E-state index contributed by atoms with van der Waals surface area (Å²) >= 11 is 3.70. The second-order valence-corrected chi connectivity index (χ2v) is 9.68. The Morgan fingerprint density at radius 3 is 2.44 bits per heavy atom. The number of alkyl halides is 1. The molecule has 6 nitrogen and oxygen atoms in total. The third kappa shape index (κ3) is 4.56. The summed E-state index contributed by atoms with van der Waals surface area (Å²) in [5, 5.41) is 10.8. The topological polar surface area (TPSA) is 80.5 Å². The van der Waals surface area contributed by atoms with Gasteiger partial charge in [0, 0.05) is 29.5 Å². The molecular formula is C19H21BrN2O4S. The van der Waals surface area contributed by atoms with Crippen LogP contribution < -0.4 is 0 Å². The van der Waals surface area contributed by atoms with Crippen molar-refractivity contribution in [2.75, 3.05) is 6.54 Å². The van der Waals surface area contributed by atoms with Crippen molar-refractivity contribution in [3.63, 3.8) is 0 Å². The average Bonchev–Trinajstić information content (AvgIpc) is 3.18. The number of nitro groups is 1. The standard InChI is InChI=1S/C19H21BrN2O4S/c20-18(13-8-15-5-2-1-3-6-15)19-7-4-14-21(19)27(25,26)17-11-9-16(10-12-17)22(23)24/h1-3,5-6,9-12,18-19H,4,7-8,13-14H2/t18-,19?/m1/s1. The molecule has 0 aliphatic carbocycles. The van der Waals surface area contributed by atoms with Crippen molar-refractivity contribution in [3.8, 4) is 0 Å². The van der Waals surface area contributed by atoms with Crippen molar-refractivity contribution in [1.29, 1.82) is 0 Å². The second-order valence-electron chi connectivity index (χ2n) is 6.62. The van der Waals surface area contributed by atoms with Gasteiger partial charge < -0.3 is 0 Å².